The maximum absolute atomic E-state index is 2.68. The molecule has 0 heteroatoms. The second kappa shape index (κ2) is 3.57. The molecular formula is C21H36. The molecule has 4 fully saturated rings. The quantitative estimate of drug-likeness (QED) is 0.479. The van der Waals surface area contributed by atoms with Crippen molar-refractivity contribution in [2.24, 2.45) is 57.2 Å². The summed E-state index contributed by atoms with van der Waals surface area (Å²) in [6.45, 7) is 20.9. The SMILES string of the molecule is CC1CC(C)C2(C)CC1(C)C1C2C2CC1C(C)(C)C2(C)C. The standard InChI is InChI=1S/C21H36/c1-12-9-13(2)21(8)11-20(12,7)16-14-10-15(17(16)21)19(5,6)18(14,3)4/h12-17H,9-11H2,1-8H3. The van der Waals surface area contributed by atoms with Crippen LogP contribution in [0.5, 0.6) is 0 Å². The van der Waals surface area contributed by atoms with Crippen LogP contribution in [0.1, 0.15) is 74.7 Å². The molecule has 0 radical (unpaired) electrons. The van der Waals surface area contributed by atoms with Crippen LogP contribution in [0.4, 0.5) is 0 Å². The molecule has 4 rings (SSSR count). The smallest absolute Gasteiger partial charge is 0.0261 e. The molecule has 21 heavy (non-hydrogen) atoms. The van der Waals surface area contributed by atoms with Crippen molar-refractivity contribution < 1.29 is 0 Å². The summed E-state index contributed by atoms with van der Waals surface area (Å²) in [6, 6.07) is 0. The highest BCUT2D eigenvalue weighted by atomic mass is 14.8. The van der Waals surface area contributed by atoms with Crippen LogP contribution < -0.4 is 0 Å². The summed E-state index contributed by atoms with van der Waals surface area (Å²) >= 11 is 0. The van der Waals surface area contributed by atoms with Crippen LogP contribution in [0.25, 0.3) is 0 Å². The van der Waals surface area contributed by atoms with E-state index in [-0.39, 0.29) is 0 Å². The minimum atomic E-state index is 0.526. The highest BCUT2D eigenvalue weighted by Crippen LogP contribution is 2.82. The summed E-state index contributed by atoms with van der Waals surface area (Å²) in [7, 11) is 0. The molecule has 0 aromatic rings. The van der Waals surface area contributed by atoms with Gasteiger partial charge in [-0.05, 0) is 76.4 Å². The topological polar surface area (TPSA) is 0 Å². The van der Waals surface area contributed by atoms with Crippen molar-refractivity contribution in [2.45, 2.75) is 74.7 Å². The molecule has 4 aliphatic carbocycles. The fourth-order valence-electron chi connectivity index (χ4n) is 8.38. The molecule has 0 nitrogen and oxygen atoms in total. The Labute approximate surface area is 132 Å². The lowest BCUT2D eigenvalue weighted by molar-refractivity contribution is -0.0673. The second-order valence-electron chi connectivity index (χ2n) is 11.2. The summed E-state index contributed by atoms with van der Waals surface area (Å²) in [6.07, 6.45) is 4.51. The molecular weight excluding hydrogens is 252 g/mol. The summed E-state index contributed by atoms with van der Waals surface area (Å²) in [5, 5.41) is 0. The van der Waals surface area contributed by atoms with Crippen LogP contribution in [0.3, 0.4) is 0 Å². The molecule has 0 aromatic carbocycles. The van der Waals surface area contributed by atoms with Gasteiger partial charge in [0.2, 0.25) is 0 Å². The minimum absolute atomic E-state index is 0.526. The van der Waals surface area contributed by atoms with E-state index >= 15 is 0 Å². The van der Waals surface area contributed by atoms with Crippen LogP contribution >= 0.6 is 0 Å². The minimum Gasteiger partial charge on any atom is -0.0620 e. The third-order valence-corrected chi connectivity index (χ3v) is 10.5. The van der Waals surface area contributed by atoms with Crippen molar-refractivity contribution in [3.63, 3.8) is 0 Å². The Morgan fingerprint density at radius 3 is 1.38 bits per heavy atom. The first-order chi connectivity index (χ1) is 9.48. The van der Waals surface area contributed by atoms with E-state index in [2.05, 4.69) is 55.4 Å². The lowest BCUT2D eigenvalue weighted by Crippen LogP contribution is -2.49. The predicted octanol–water partition coefficient (Wildman–Crippen LogP) is 6.01. The molecule has 0 amide bonds. The summed E-state index contributed by atoms with van der Waals surface area (Å²) < 4.78 is 0. The zero-order chi connectivity index (χ0) is 15.6. The molecule has 0 heterocycles. The van der Waals surface area contributed by atoms with Gasteiger partial charge >= 0.3 is 0 Å². The maximum Gasteiger partial charge on any atom is -0.0261 e. The molecule has 0 aliphatic heterocycles. The highest BCUT2D eigenvalue weighted by molar-refractivity contribution is 5.24. The fourth-order valence-corrected chi connectivity index (χ4v) is 8.38. The van der Waals surface area contributed by atoms with E-state index in [1.54, 1.807) is 0 Å². The van der Waals surface area contributed by atoms with Crippen LogP contribution in [-0.2, 0) is 0 Å². The van der Waals surface area contributed by atoms with E-state index in [0.717, 1.165) is 35.5 Å². The van der Waals surface area contributed by atoms with Gasteiger partial charge in [-0.1, -0.05) is 55.4 Å². The van der Waals surface area contributed by atoms with E-state index in [0.29, 0.717) is 21.7 Å². The monoisotopic (exact) mass is 288 g/mol. The molecule has 0 spiro atoms. The van der Waals surface area contributed by atoms with Crippen LogP contribution in [-0.4, -0.2) is 0 Å². The Morgan fingerprint density at radius 1 is 0.619 bits per heavy atom. The van der Waals surface area contributed by atoms with Crippen molar-refractivity contribution >= 4 is 0 Å². The third kappa shape index (κ3) is 1.29. The largest absolute Gasteiger partial charge is 0.0620 e. The second-order valence-corrected chi connectivity index (χ2v) is 11.2. The molecule has 120 valence electrons. The molecule has 4 aliphatic rings. The molecule has 0 saturated heterocycles. The van der Waals surface area contributed by atoms with Gasteiger partial charge in [-0.25, -0.2) is 0 Å². The Kier molecular flexibility index (Phi) is 2.48. The molecule has 8 atom stereocenters. The fraction of sp³-hybridized carbons (Fsp3) is 1.00. The normalized spacial score (nSPS) is 62.9. The van der Waals surface area contributed by atoms with Gasteiger partial charge < -0.3 is 0 Å². The number of hydrogen-bond acceptors (Lipinski definition) is 0. The third-order valence-electron chi connectivity index (χ3n) is 10.5. The Morgan fingerprint density at radius 2 is 1.00 bits per heavy atom. The van der Waals surface area contributed by atoms with Gasteiger partial charge in [0.1, 0.15) is 0 Å². The molecule has 4 bridgehead atoms. The summed E-state index contributed by atoms with van der Waals surface area (Å²) in [5.41, 5.74) is 2.30. The average molecular weight is 289 g/mol. The molecule has 8 unspecified atom stereocenters. The van der Waals surface area contributed by atoms with Crippen molar-refractivity contribution in [1.29, 1.82) is 0 Å². The van der Waals surface area contributed by atoms with Gasteiger partial charge in [0.25, 0.3) is 0 Å². The zero-order valence-electron chi connectivity index (χ0n) is 15.6. The lowest BCUT2D eigenvalue weighted by atomic mass is 9.50. The highest BCUT2D eigenvalue weighted by Gasteiger charge is 2.76. The van der Waals surface area contributed by atoms with Gasteiger partial charge in [0, 0.05) is 0 Å². The van der Waals surface area contributed by atoms with Crippen LogP contribution in [0.15, 0.2) is 0 Å². The Balaban J connectivity index is 1.89. The zero-order valence-corrected chi connectivity index (χ0v) is 15.6. The van der Waals surface area contributed by atoms with Crippen molar-refractivity contribution in [3.05, 3.63) is 0 Å². The van der Waals surface area contributed by atoms with E-state index in [1.165, 1.54) is 19.3 Å². The van der Waals surface area contributed by atoms with Gasteiger partial charge in [0.15, 0.2) is 0 Å². The molecule has 4 saturated carbocycles. The maximum atomic E-state index is 2.68. The first-order valence-electron chi connectivity index (χ1n) is 9.48. The van der Waals surface area contributed by atoms with E-state index in [4.69, 9.17) is 0 Å². The summed E-state index contributed by atoms with van der Waals surface area (Å²) in [5.74, 6) is 5.82. The molecule has 0 N–H and O–H groups in total. The lowest BCUT2D eigenvalue weighted by Gasteiger charge is -2.54. The van der Waals surface area contributed by atoms with Crippen molar-refractivity contribution in [1.82, 2.24) is 0 Å². The van der Waals surface area contributed by atoms with Crippen molar-refractivity contribution in [2.75, 3.05) is 0 Å². The van der Waals surface area contributed by atoms with Crippen molar-refractivity contribution in [3.8, 4) is 0 Å². The molecule has 0 aromatic heterocycles. The number of hydrogen-bond donors (Lipinski definition) is 0. The Bertz CT molecular complexity index is 444. The predicted molar refractivity (Wildman–Crippen MR) is 89.9 cm³/mol. The van der Waals surface area contributed by atoms with Gasteiger partial charge in [-0.2, -0.15) is 0 Å². The van der Waals surface area contributed by atoms with E-state index in [9.17, 15) is 0 Å². The van der Waals surface area contributed by atoms with Crippen LogP contribution in [0.2, 0.25) is 0 Å². The first kappa shape index (κ1) is 14.6. The average Bonchev–Trinajstić information content (AvgIpc) is 2.90. The Hall–Kier alpha value is 0. The number of rotatable bonds is 0. The summed E-state index contributed by atoms with van der Waals surface area (Å²) in [4.78, 5) is 0. The van der Waals surface area contributed by atoms with Gasteiger partial charge in [0.05, 0.1) is 0 Å². The van der Waals surface area contributed by atoms with Gasteiger partial charge in [-0.15, -0.1) is 0 Å². The van der Waals surface area contributed by atoms with Crippen LogP contribution in [0, 0.1) is 57.2 Å². The first-order valence-corrected chi connectivity index (χ1v) is 9.48. The number of fused-ring (bicyclic) bond motifs is 9. The van der Waals surface area contributed by atoms with E-state index in [1.807, 2.05) is 0 Å². The van der Waals surface area contributed by atoms with Gasteiger partial charge in [-0.3, -0.25) is 0 Å². The van der Waals surface area contributed by atoms with E-state index < -0.39 is 0 Å².